The monoisotopic (exact) mass is 334 g/mol. The van der Waals surface area contributed by atoms with Crippen LogP contribution in [-0.4, -0.2) is 18.1 Å². The van der Waals surface area contributed by atoms with Crippen molar-refractivity contribution in [3.05, 3.63) is 48.0 Å². The maximum Gasteiger partial charge on any atom is 0.586 e. The van der Waals surface area contributed by atoms with Crippen LogP contribution in [0.2, 0.25) is 0 Å². The maximum absolute atomic E-state index is 13.0. The normalized spacial score (nSPS) is 14.1. The number of halogens is 2. The van der Waals surface area contributed by atoms with E-state index in [2.05, 4.69) is 20.1 Å². The lowest BCUT2D eigenvalue weighted by atomic mass is 10.1. The molecule has 2 aromatic rings. The zero-order valence-corrected chi connectivity index (χ0v) is 12.4. The van der Waals surface area contributed by atoms with Gasteiger partial charge < -0.3 is 20.1 Å². The Morgan fingerprint density at radius 1 is 0.958 bits per heavy atom. The number of rotatable bonds is 3. The predicted molar refractivity (Wildman–Crippen MR) is 81.3 cm³/mol. The molecule has 1 aliphatic heterocycles. The molecule has 0 spiro atoms. The van der Waals surface area contributed by atoms with Gasteiger partial charge in [0.25, 0.3) is 5.91 Å². The van der Waals surface area contributed by atoms with Crippen LogP contribution >= 0.6 is 0 Å². The SMILES string of the molecule is CC(=O)Nc1cccc(C(=O)Nc2ccc3c(c2)OC(F)(F)O3)c1. The lowest BCUT2D eigenvalue weighted by molar-refractivity contribution is -0.286. The smallest absolute Gasteiger partial charge is 0.395 e. The van der Waals surface area contributed by atoms with Gasteiger partial charge in [-0.1, -0.05) is 6.07 Å². The fourth-order valence-corrected chi connectivity index (χ4v) is 2.17. The Labute approximate surface area is 135 Å². The van der Waals surface area contributed by atoms with E-state index >= 15 is 0 Å². The van der Waals surface area contributed by atoms with Crippen LogP contribution in [0.25, 0.3) is 0 Å². The first-order valence-electron chi connectivity index (χ1n) is 6.91. The van der Waals surface area contributed by atoms with Gasteiger partial charge in [-0.2, -0.15) is 0 Å². The number of fused-ring (bicyclic) bond motifs is 1. The van der Waals surface area contributed by atoms with Gasteiger partial charge in [-0.25, -0.2) is 0 Å². The van der Waals surface area contributed by atoms with Gasteiger partial charge in [-0.05, 0) is 30.3 Å². The van der Waals surface area contributed by atoms with E-state index in [1.807, 2.05) is 0 Å². The summed E-state index contributed by atoms with van der Waals surface area (Å²) in [7, 11) is 0. The molecule has 0 fully saturated rings. The molecule has 0 radical (unpaired) electrons. The first-order valence-corrected chi connectivity index (χ1v) is 6.91. The molecule has 3 rings (SSSR count). The quantitative estimate of drug-likeness (QED) is 0.903. The van der Waals surface area contributed by atoms with Crippen molar-refractivity contribution in [2.45, 2.75) is 13.2 Å². The Balaban J connectivity index is 1.75. The van der Waals surface area contributed by atoms with Crippen molar-refractivity contribution in [2.24, 2.45) is 0 Å². The van der Waals surface area contributed by atoms with Crippen molar-refractivity contribution in [1.29, 1.82) is 0 Å². The Morgan fingerprint density at radius 3 is 2.42 bits per heavy atom. The summed E-state index contributed by atoms with van der Waals surface area (Å²) in [6, 6.07) is 10.2. The minimum atomic E-state index is -3.71. The fraction of sp³-hybridized carbons (Fsp3) is 0.125. The summed E-state index contributed by atoms with van der Waals surface area (Å²) in [6.45, 7) is 1.36. The van der Waals surface area contributed by atoms with Crippen LogP contribution in [0, 0.1) is 0 Å². The van der Waals surface area contributed by atoms with Crippen LogP contribution in [0.4, 0.5) is 20.2 Å². The number of nitrogens with one attached hydrogen (secondary N) is 2. The van der Waals surface area contributed by atoms with Crippen LogP contribution in [0.15, 0.2) is 42.5 Å². The minimum absolute atomic E-state index is 0.106. The number of ether oxygens (including phenoxy) is 2. The number of alkyl halides is 2. The highest BCUT2D eigenvalue weighted by Gasteiger charge is 2.43. The number of benzene rings is 2. The summed E-state index contributed by atoms with van der Waals surface area (Å²) >= 11 is 0. The number of carbonyl (C=O) groups excluding carboxylic acids is 2. The lowest BCUT2D eigenvalue weighted by Gasteiger charge is -2.08. The molecule has 0 bridgehead atoms. The fourth-order valence-electron chi connectivity index (χ4n) is 2.17. The van der Waals surface area contributed by atoms with E-state index in [1.54, 1.807) is 18.2 Å². The first kappa shape index (κ1) is 15.7. The van der Waals surface area contributed by atoms with Crippen molar-refractivity contribution in [2.75, 3.05) is 10.6 Å². The molecule has 124 valence electrons. The molecular formula is C16H12F2N2O4. The Kier molecular flexibility index (Phi) is 3.80. The molecule has 1 aliphatic rings. The Bertz CT molecular complexity index is 823. The molecule has 2 amide bonds. The van der Waals surface area contributed by atoms with Crippen molar-refractivity contribution < 1.29 is 27.8 Å². The zero-order chi connectivity index (χ0) is 17.3. The highest BCUT2D eigenvalue weighted by Crippen LogP contribution is 2.42. The summed E-state index contributed by atoms with van der Waals surface area (Å²) in [6.07, 6.45) is -3.71. The first-order chi connectivity index (χ1) is 11.3. The molecule has 2 aromatic carbocycles. The van der Waals surface area contributed by atoms with E-state index in [0.29, 0.717) is 11.3 Å². The third kappa shape index (κ3) is 3.43. The molecule has 8 heteroatoms. The molecule has 6 nitrogen and oxygen atoms in total. The number of hydrogen-bond donors (Lipinski definition) is 2. The molecule has 0 aromatic heterocycles. The average molecular weight is 334 g/mol. The van der Waals surface area contributed by atoms with Crippen LogP contribution < -0.4 is 20.1 Å². The van der Waals surface area contributed by atoms with Gasteiger partial charge in [0.2, 0.25) is 5.91 Å². The highest BCUT2D eigenvalue weighted by atomic mass is 19.3. The van der Waals surface area contributed by atoms with Crippen LogP contribution in [0.1, 0.15) is 17.3 Å². The molecule has 0 atom stereocenters. The molecule has 24 heavy (non-hydrogen) atoms. The summed E-state index contributed by atoms with van der Waals surface area (Å²) in [5.41, 5.74) is 1.04. The third-order valence-electron chi connectivity index (χ3n) is 3.10. The van der Waals surface area contributed by atoms with Gasteiger partial charge in [0.05, 0.1) is 0 Å². The standard InChI is InChI=1S/C16H12F2N2O4/c1-9(21)19-11-4-2-3-10(7-11)15(22)20-12-5-6-13-14(8-12)24-16(17,18)23-13/h2-8H,1H3,(H,19,21)(H,20,22). The van der Waals surface area contributed by atoms with E-state index in [-0.39, 0.29) is 23.1 Å². The largest absolute Gasteiger partial charge is 0.586 e. The molecule has 0 unspecified atom stereocenters. The second-order valence-corrected chi connectivity index (χ2v) is 5.05. The molecule has 1 heterocycles. The molecule has 0 aliphatic carbocycles. The van der Waals surface area contributed by atoms with E-state index < -0.39 is 12.2 Å². The van der Waals surface area contributed by atoms with Crippen LogP contribution in [0.3, 0.4) is 0 Å². The van der Waals surface area contributed by atoms with Crippen molar-refractivity contribution >= 4 is 23.2 Å². The molecular weight excluding hydrogens is 322 g/mol. The average Bonchev–Trinajstić information content (AvgIpc) is 2.80. The second-order valence-electron chi connectivity index (χ2n) is 5.05. The number of hydrogen-bond acceptors (Lipinski definition) is 4. The summed E-state index contributed by atoms with van der Waals surface area (Å²) in [5.74, 6) is -0.993. The zero-order valence-electron chi connectivity index (χ0n) is 12.4. The number of amides is 2. The molecule has 0 saturated carbocycles. The van der Waals surface area contributed by atoms with Gasteiger partial charge >= 0.3 is 6.29 Å². The van der Waals surface area contributed by atoms with Gasteiger partial charge in [0.1, 0.15) is 0 Å². The lowest BCUT2D eigenvalue weighted by Crippen LogP contribution is -2.25. The van der Waals surface area contributed by atoms with Gasteiger partial charge in [0.15, 0.2) is 11.5 Å². The highest BCUT2D eigenvalue weighted by molar-refractivity contribution is 6.05. The Hall–Kier alpha value is -3.16. The van der Waals surface area contributed by atoms with Crippen molar-refractivity contribution in [3.8, 4) is 11.5 Å². The van der Waals surface area contributed by atoms with E-state index in [9.17, 15) is 18.4 Å². The second kappa shape index (κ2) is 5.80. The predicted octanol–water partition coefficient (Wildman–Crippen LogP) is 3.22. The van der Waals surface area contributed by atoms with E-state index in [1.165, 1.54) is 31.2 Å². The van der Waals surface area contributed by atoms with Crippen LogP contribution in [0.5, 0.6) is 11.5 Å². The van der Waals surface area contributed by atoms with Gasteiger partial charge in [-0.15, -0.1) is 8.78 Å². The summed E-state index contributed by atoms with van der Waals surface area (Å²) in [5, 5.41) is 5.13. The van der Waals surface area contributed by atoms with Crippen molar-refractivity contribution in [3.63, 3.8) is 0 Å². The summed E-state index contributed by atoms with van der Waals surface area (Å²) < 4.78 is 34.6. The van der Waals surface area contributed by atoms with E-state index in [4.69, 9.17) is 0 Å². The van der Waals surface area contributed by atoms with Crippen molar-refractivity contribution in [1.82, 2.24) is 0 Å². The topological polar surface area (TPSA) is 76.7 Å². The van der Waals surface area contributed by atoms with E-state index in [0.717, 1.165) is 0 Å². The Morgan fingerprint density at radius 2 is 1.67 bits per heavy atom. The van der Waals surface area contributed by atoms with Crippen LogP contribution in [-0.2, 0) is 4.79 Å². The molecule has 0 saturated heterocycles. The van der Waals surface area contributed by atoms with Gasteiger partial charge in [-0.3, -0.25) is 9.59 Å². The van der Waals surface area contributed by atoms with Gasteiger partial charge in [0, 0.05) is 29.9 Å². The number of carbonyl (C=O) groups is 2. The maximum atomic E-state index is 13.0. The number of anilines is 2. The molecule has 2 N–H and O–H groups in total. The summed E-state index contributed by atoms with van der Waals surface area (Å²) in [4.78, 5) is 23.3. The third-order valence-corrected chi connectivity index (χ3v) is 3.10. The minimum Gasteiger partial charge on any atom is -0.395 e.